The second-order valence-corrected chi connectivity index (χ2v) is 4.18. The van der Waals surface area contributed by atoms with Crippen molar-refractivity contribution in [3.8, 4) is 0 Å². The maximum Gasteiger partial charge on any atom is 0.141 e. The average Bonchev–Trinajstić information content (AvgIpc) is 2.71. The molecule has 1 aromatic rings. The summed E-state index contributed by atoms with van der Waals surface area (Å²) < 4.78 is 1.94. The molecule has 0 radical (unpaired) electrons. The topological polar surface area (TPSA) is 30.7 Å². The molecular weight excluding hydrogens is 210 g/mol. The van der Waals surface area contributed by atoms with Crippen molar-refractivity contribution in [3.63, 3.8) is 0 Å². The fourth-order valence-corrected chi connectivity index (χ4v) is 1.91. The summed E-state index contributed by atoms with van der Waals surface area (Å²) in [6.07, 6.45) is 6.61. The molecule has 3 nitrogen and oxygen atoms in total. The molecule has 86 valence electrons. The van der Waals surface area contributed by atoms with Crippen molar-refractivity contribution in [2.75, 3.05) is 0 Å². The van der Waals surface area contributed by atoms with Gasteiger partial charge in [-0.15, -0.1) is 11.6 Å². The Morgan fingerprint density at radius 3 is 2.87 bits per heavy atom. The number of aromatic nitrogens is 3. The van der Waals surface area contributed by atoms with Crippen molar-refractivity contribution in [2.24, 2.45) is 5.92 Å². The van der Waals surface area contributed by atoms with E-state index in [1.54, 1.807) is 6.33 Å². The summed E-state index contributed by atoms with van der Waals surface area (Å²) in [6.45, 7) is 5.42. The highest BCUT2D eigenvalue weighted by Crippen LogP contribution is 2.15. The minimum absolute atomic E-state index is 0.449. The molecule has 0 fully saturated rings. The van der Waals surface area contributed by atoms with E-state index in [0.29, 0.717) is 11.8 Å². The third kappa shape index (κ3) is 3.82. The van der Waals surface area contributed by atoms with E-state index in [2.05, 4.69) is 23.9 Å². The van der Waals surface area contributed by atoms with E-state index in [1.807, 2.05) is 4.68 Å². The van der Waals surface area contributed by atoms with Crippen LogP contribution in [0.15, 0.2) is 6.33 Å². The predicted octanol–water partition coefficient (Wildman–Crippen LogP) is 3.23. The van der Waals surface area contributed by atoms with Crippen LogP contribution < -0.4 is 0 Å². The van der Waals surface area contributed by atoms with E-state index in [1.165, 1.54) is 25.7 Å². The van der Waals surface area contributed by atoms with Crippen LogP contribution in [0.4, 0.5) is 0 Å². The van der Waals surface area contributed by atoms with Gasteiger partial charge in [0.2, 0.25) is 0 Å². The van der Waals surface area contributed by atoms with Gasteiger partial charge in [-0.2, -0.15) is 5.10 Å². The van der Waals surface area contributed by atoms with Crippen LogP contribution in [0.3, 0.4) is 0 Å². The van der Waals surface area contributed by atoms with Gasteiger partial charge in [-0.05, 0) is 12.3 Å². The standard InChI is InChI=1S/C11H20ClN3/c1-3-5-6-10(4-2)8-15-11(7-12)13-9-14-15/h9-10H,3-8H2,1-2H3. The number of rotatable bonds is 7. The van der Waals surface area contributed by atoms with Gasteiger partial charge in [-0.25, -0.2) is 9.67 Å². The van der Waals surface area contributed by atoms with Gasteiger partial charge in [-0.3, -0.25) is 0 Å². The molecule has 0 aliphatic carbocycles. The van der Waals surface area contributed by atoms with Crippen LogP contribution in [-0.2, 0) is 12.4 Å². The van der Waals surface area contributed by atoms with Crippen molar-refractivity contribution >= 4 is 11.6 Å². The van der Waals surface area contributed by atoms with Gasteiger partial charge in [0.15, 0.2) is 0 Å². The molecule has 1 atom stereocenters. The SMILES string of the molecule is CCCCC(CC)Cn1ncnc1CCl. The van der Waals surface area contributed by atoms with Gasteiger partial charge in [0, 0.05) is 6.54 Å². The Labute approximate surface area is 96.8 Å². The minimum Gasteiger partial charge on any atom is -0.249 e. The first kappa shape index (κ1) is 12.5. The number of alkyl halides is 1. The van der Waals surface area contributed by atoms with Gasteiger partial charge in [-0.1, -0.05) is 33.1 Å². The second-order valence-electron chi connectivity index (χ2n) is 3.91. The summed E-state index contributed by atoms with van der Waals surface area (Å²) in [5.41, 5.74) is 0. The zero-order valence-electron chi connectivity index (χ0n) is 9.62. The van der Waals surface area contributed by atoms with E-state index in [-0.39, 0.29) is 0 Å². The fourth-order valence-electron chi connectivity index (χ4n) is 1.71. The first-order valence-electron chi connectivity index (χ1n) is 5.74. The molecule has 1 unspecified atom stereocenters. The lowest BCUT2D eigenvalue weighted by atomic mass is 9.99. The molecule has 0 N–H and O–H groups in total. The first-order chi connectivity index (χ1) is 7.31. The summed E-state index contributed by atoms with van der Waals surface area (Å²) in [4.78, 5) is 4.12. The lowest BCUT2D eigenvalue weighted by Crippen LogP contribution is -2.13. The number of hydrogen-bond donors (Lipinski definition) is 0. The summed E-state index contributed by atoms with van der Waals surface area (Å²) in [7, 11) is 0. The molecule has 0 aliphatic heterocycles. The number of nitrogens with zero attached hydrogens (tertiary/aromatic N) is 3. The largest absolute Gasteiger partial charge is 0.249 e. The van der Waals surface area contributed by atoms with Gasteiger partial charge in [0.05, 0.1) is 5.88 Å². The predicted molar refractivity (Wildman–Crippen MR) is 62.9 cm³/mol. The van der Waals surface area contributed by atoms with E-state index >= 15 is 0 Å². The number of halogens is 1. The third-order valence-corrected chi connectivity index (χ3v) is 3.03. The van der Waals surface area contributed by atoms with Gasteiger partial charge >= 0.3 is 0 Å². The molecule has 1 aromatic heterocycles. The molecule has 0 spiro atoms. The molecule has 1 rings (SSSR count). The van der Waals surface area contributed by atoms with Crippen LogP contribution in [0.5, 0.6) is 0 Å². The van der Waals surface area contributed by atoms with E-state index in [4.69, 9.17) is 11.6 Å². The fraction of sp³-hybridized carbons (Fsp3) is 0.818. The number of hydrogen-bond acceptors (Lipinski definition) is 2. The summed E-state index contributed by atoms with van der Waals surface area (Å²) in [6, 6.07) is 0. The third-order valence-electron chi connectivity index (χ3n) is 2.79. The lowest BCUT2D eigenvalue weighted by molar-refractivity contribution is 0.367. The van der Waals surface area contributed by atoms with Crippen LogP contribution in [0.2, 0.25) is 0 Å². The van der Waals surface area contributed by atoms with Crippen molar-refractivity contribution in [1.82, 2.24) is 14.8 Å². The van der Waals surface area contributed by atoms with Crippen LogP contribution >= 0.6 is 11.6 Å². The zero-order valence-corrected chi connectivity index (χ0v) is 10.4. The highest BCUT2D eigenvalue weighted by atomic mass is 35.5. The minimum atomic E-state index is 0.449. The monoisotopic (exact) mass is 229 g/mol. The summed E-state index contributed by atoms with van der Waals surface area (Å²) in [5.74, 6) is 2.03. The smallest absolute Gasteiger partial charge is 0.141 e. The summed E-state index contributed by atoms with van der Waals surface area (Å²) >= 11 is 5.78. The van der Waals surface area contributed by atoms with E-state index in [9.17, 15) is 0 Å². The highest BCUT2D eigenvalue weighted by Gasteiger charge is 2.10. The zero-order chi connectivity index (χ0) is 11.1. The Morgan fingerprint density at radius 1 is 1.47 bits per heavy atom. The van der Waals surface area contributed by atoms with Gasteiger partial charge < -0.3 is 0 Å². The van der Waals surface area contributed by atoms with Gasteiger partial charge in [0.1, 0.15) is 12.2 Å². The highest BCUT2D eigenvalue weighted by molar-refractivity contribution is 6.16. The molecule has 0 saturated heterocycles. The molecule has 4 heteroatoms. The Bertz CT molecular complexity index is 273. The maximum atomic E-state index is 5.78. The molecule has 0 amide bonds. The van der Waals surface area contributed by atoms with Gasteiger partial charge in [0.25, 0.3) is 0 Å². The van der Waals surface area contributed by atoms with E-state index < -0.39 is 0 Å². The Kier molecular flexibility index (Phi) is 5.69. The molecule has 15 heavy (non-hydrogen) atoms. The molecule has 0 saturated carbocycles. The van der Waals surface area contributed by atoms with Crippen LogP contribution in [0, 0.1) is 5.92 Å². The quantitative estimate of drug-likeness (QED) is 0.672. The maximum absolute atomic E-state index is 5.78. The van der Waals surface area contributed by atoms with Crippen molar-refractivity contribution < 1.29 is 0 Å². The van der Waals surface area contributed by atoms with Crippen molar-refractivity contribution in [2.45, 2.75) is 52.0 Å². The van der Waals surface area contributed by atoms with Crippen LogP contribution in [-0.4, -0.2) is 14.8 Å². The number of unbranched alkanes of at least 4 members (excludes halogenated alkanes) is 1. The Balaban J connectivity index is 2.50. The van der Waals surface area contributed by atoms with Crippen LogP contribution in [0.1, 0.15) is 45.4 Å². The average molecular weight is 230 g/mol. The Hall–Kier alpha value is -0.570. The second kappa shape index (κ2) is 6.83. The molecule has 0 aromatic carbocycles. The summed E-state index contributed by atoms with van der Waals surface area (Å²) in [5, 5.41) is 4.20. The van der Waals surface area contributed by atoms with Crippen LogP contribution in [0.25, 0.3) is 0 Å². The Morgan fingerprint density at radius 2 is 2.27 bits per heavy atom. The molecular formula is C11H20ClN3. The normalized spacial score (nSPS) is 13.0. The first-order valence-corrected chi connectivity index (χ1v) is 6.27. The van der Waals surface area contributed by atoms with Crippen molar-refractivity contribution in [3.05, 3.63) is 12.2 Å². The van der Waals surface area contributed by atoms with E-state index in [0.717, 1.165) is 12.4 Å². The van der Waals surface area contributed by atoms with Crippen molar-refractivity contribution in [1.29, 1.82) is 0 Å². The molecule has 0 bridgehead atoms. The molecule has 1 heterocycles. The lowest BCUT2D eigenvalue weighted by Gasteiger charge is -2.14. The molecule has 0 aliphatic rings.